The van der Waals surface area contributed by atoms with Crippen molar-refractivity contribution in [3.8, 4) is 0 Å². The van der Waals surface area contributed by atoms with Gasteiger partial charge in [0.25, 0.3) is 6.43 Å². The lowest BCUT2D eigenvalue weighted by Gasteiger charge is -2.10. The fourth-order valence-electron chi connectivity index (χ4n) is 1.30. The maximum atomic E-state index is 12.5. The molecule has 1 N–H and O–H groups in total. The zero-order chi connectivity index (χ0) is 11.6. The molecule has 0 fully saturated rings. The molecule has 0 radical (unpaired) electrons. The second-order valence-electron chi connectivity index (χ2n) is 2.92. The molecule has 0 saturated heterocycles. The lowest BCUT2D eigenvalue weighted by Crippen LogP contribution is -2.09. The first-order chi connectivity index (χ1) is 6.99. The monoisotopic (exact) mass is 235 g/mol. The number of alkyl halides is 3. The summed E-state index contributed by atoms with van der Waals surface area (Å²) in [4.78, 5) is 14.3. The van der Waals surface area contributed by atoms with Crippen LogP contribution in [0, 0.1) is 6.92 Å². The summed E-state index contributed by atoms with van der Waals surface area (Å²) in [5.74, 6) is -1.57. The van der Waals surface area contributed by atoms with Gasteiger partial charge in [0.1, 0.15) is 5.69 Å². The molecule has 3 nitrogen and oxygen atoms in total. The molecule has 82 valence electrons. The van der Waals surface area contributed by atoms with Crippen LogP contribution in [0.2, 0.25) is 0 Å². The van der Waals surface area contributed by atoms with Gasteiger partial charge in [-0.2, -0.15) is 0 Å². The van der Waals surface area contributed by atoms with Gasteiger partial charge in [-0.3, -0.25) is 4.98 Å². The third kappa shape index (κ3) is 2.23. The van der Waals surface area contributed by atoms with E-state index >= 15 is 0 Å². The molecule has 0 atom stereocenters. The lowest BCUT2D eigenvalue weighted by molar-refractivity contribution is 0.0694. The molecule has 6 heteroatoms. The Morgan fingerprint density at radius 2 is 2.27 bits per heavy atom. The number of hydrogen-bond donors (Lipinski definition) is 1. The minimum atomic E-state index is -2.82. The number of rotatable bonds is 3. The second-order valence-corrected chi connectivity index (χ2v) is 3.19. The van der Waals surface area contributed by atoms with Crippen LogP contribution in [0.1, 0.15) is 33.6 Å². The van der Waals surface area contributed by atoms with Crippen molar-refractivity contribution in [3.63, 3.8) is 0 Å². The maximum Gasteiger partial charge on any atom is 0.336 e. The van der Waals surface area contributed by atoms with Crippen molar-refractivity contribution in [2.45, 2.75) is 19.2 Å². The van der Waals surface area contributed by atoms with E-state index in [2.05, 4.69) is 4.98 Å². The van der Waals surface area contributed by atoms with Gasteiger partial charge >= 0.3 is 5.97 Å². The fourth-order valence-corrected chi connectivity index (χ4v) is 1.57. The van der Waals surface area contributed by atoms with Crippen LogP contribution < -0.4 is 0 Å². The van der Waals surface area contributed by atoms with Crippen LogP contribution in [-0.2, 0) is 5.88 Å². The lowest BCUT2D eigenvalue weighted by atomic mass is 10.0. The summed E-state index contributed by atoms with van der Waals surface area (Å²) in [5.41, 5.74) is -0.537. The van der Waals surface area contributed by atoms with Crippen molar-refractivity contribution in [2.24, 2.45) is 0 Å². The molecule has 0 spiro atoms. The Kier molecular flexibility index (Phi) is 3.57. The van der Waals surface area contributed by atoms with Crippen LogP contribution in [0.15, 0.2) is 6.20 Å². The van der Waals surface area contributed by atoms with Gasteiger partial charge < -0.3 is 5.11 Å². The average molecular weight is 236 g/mol. The molecule has 0 aromatic carbocycles. The van der Waals surface area contributed by atoms with Crippen LogP contribution >= 0.6 is 11.6 Å². The van der Waals surface area contributed by atoms with Crippen molar-refractivity contribution in [3.05, 3.63) is 28.6 Å². The molecular formula is C9H8ClF2NO2. The Hall–Kier alpha value is -1.23. The number of carboxylic acid groups (broad SMARTS) is 1. The Balaban J connectivity index is 3.47. The van der Waals surface area contributed by atoms with E-state index in [1.807, 2.05) is 0 Å². The predicted molar refractivity (Wildman–Crippen MR) is 50.4 cm³/mol. The molecule has 0 unspecified atom stereocenters. The first-order valence-electron chi connectivity index (χ1n) is 4.04. The molecule has 1 heterocycles. The number of aromatic carboxylic acids is 1. The van der Waals surface area contributed by atoms with Crippen LogP contribution in [0.4, 0.5) is 8.78 Å². The van der Waals surface area contributed by atoms with Gasteiger partial charge in [0, 0.05) is 11.8 Å². The van der Waals surface area contributed by atoms with E-state index in [9.17, 15) is 13.6 Å². The number of carbonyl (C=O) groups is 1. The average Bonchev–Trinajstić information content (AvgIpc) is 2.15. The van der Waals surface area contributed by atoms with Crippen molar-refractivity contribution in [2.75, 3.05) is 0 Å². The van der Waals surface area contributed by atoms with E-state index in [0.717, 1.165) is 6.20 Å². The van der Waals surface area contributed by atoms with Crippen LogP contribution in [0.3, 0.4) is 0 Å². The van der Waals surface area contributed by atoms with Crippen LogP contribution in [0.5, 0.6) is 0 Å². The minimum absolute atomic E-state index is 0.112. The van der Waals surface area contributed by atoms with Gasteiger partial charge in [-0.15, -0.1) is 11.6 Å². The molecule has 0 saturated carbocycles. The first kappa shape index (κ1) is 11.8. The molecule has 1 aromatic heterocycles. The van der Waals surface area contributed by atoms with Gasteiger partial charge in [0.05, 0.1) is 11.4 Å². The Morgan fingerprint density at radius 1 is 1.67 bits per heavy atom. The molecule has 15 heavy (non-hydrogen) atoms. The molecular weight excluding hydrogens is 228 g/mol. The number of halogens is 3. The number of hydrogen-bond acceptors (Lipinski definition) is 2. The maximum absolute atomic E-state index is 12.5. The molecule has 1 aromatic rings. The van der Waals surface area contributed by atoms with Crippen molar-refractivity contribution < 1.29 is 18.7 Å². The van der Waals surface area contributed by atoms with E-state index < -0.39 is 18.1 Å². The van der Waals surface area contributed by atoms with E-state index in [1.54, 1.807) is 0 Å². The van der Waals surface area contributed by atoms with E-state index in [-0.39, 0.29) is 17.0 Å². The topological polar surface area (TPSA) is 50.2 Å². The second kappa shape index (κ2) is 4.53. The number of aryl methyl sites for hydroxylation is 1. The molecule has 0 aliphatic carbocycles. The Morgan fingerprint density at radius 3 is 2.67 bits per heavy atom. The standard InChI is InChI=1S/C9H8ClF2NO2/c1-4-3-13-7(8(11)12)5(2-10)6(4)9(14)15/h3,8H,2H2,1H3,(H,14,15). The molecule has 1 rings (SSSR count). The predicted octanol–water partition coefficient (Wildman–Crippen LogP) is 2.76. The number of nitrogens with zero attached hydrogens (tertiary/aromatic N) is 1. The zero-order valence-corrected chi connectivity index (χ0v) is 8.55. The molecule has 0 aliphatic heterocycles. The third-order valence-electron chi connectivity index (χ3n) is 1.96. The van der Waals surface area contributed by atoms with Gasteiger partial charge in [-0.05, 0) is 12.5 Å². The highest BCUT2D eigenvalue weighted by Gasteiger charge is 2.22. The highest BCUT2D eigenvalue weighted by Crippen LogP contribution is 2.26. The summed E-state index contributed by atoms with van der Waals surface area (Å²) < 4.78 is 25.0. The summed E-state index contributed by atoms with van der Waals surface area (Å²) in [7, 11) is 0. The number of carboxylic acids is 1. The van der Waals surface area contributed by atoms with Crippen molar-refractivity contribution in [1.82, 2.24) is 4.98 Å². The van der Waals surface area contributed by atoms with Gasteiger partial charge in [0.2, 0.25) is 0 Å². The third-order valence-corrected chi connectivity index (χ3v) is 2.22. The SMILES string of the molecule is Cc1cnc(C(F)F)c(CCl)c1C(=O)O. The Bertz CT molecular complexity index is 396. The highest BCUT2D eigenvalue weighted by molar-refractivity contribution is 6.17. The summed E-state index contributed by atoms with van der Waals surface area (Å²) in [6.45, 7) is 1.49. The number of pyridine rings is 1. The minimum Gasteiger partial charge on any atom is -0.478 e. The summed E-state index contributed by atoms with van der Waals surface area (Å²) >= 11 is 5.46. The van der Waals surface area contributed by atoms with E-state index in [1.165, 1.54) is 6.92 Å². The van der Waals surface area contributed by atoms with Gasteiger partial charge in [-0.25, -0.2) is 13.6 Å². The number of aromatic nitrogens is 1. The normalized spacial score (nSPS) is 10.7. The summed E-state index contributed by atoms with van der Waals surface area (Å²) in [6.07, 6.45) is -1.71. The molecule has 0 aliphatic rings. The zero-order valence-electron chi connectivity index (χ0n) is 7.80. The molecule has 0 amide bonds. The molecule has 0 bridgehead atoms. The van der Waals surface area contributed by atoms with Crippen LogP contribution in [-0.4, -0.2) is 16.1 Å². The first-order valence-corrected chi connectivity index (χ1v) is 4.58. The summed E-state index contributed by atoms with van der Waals surface area (Å²) in [6, 6.07) is 0. The fraction of sp³-hybridized carbons (Fsp3) is 0.333. The Labute approximate surface area is 89.7 Å². The van der Waals surface area contributed by atoms with Crippen LogP contribution in [0.25, 0.3) is 0 Å². The van der Waals surface area contributed by atoms with E-state index in [0.29, 0.717) is 5.56 Å². The quantitative estimate of drug-likeness (QED) is 0.820. The van der Waals surface area contributed by atoms with E-state index in [4.69, 9.17) is 16.7 Å². The van der Waals surface area contributed by atoms with Crippen molar-refractivity contribution >= 4 is 17.6 Å². The largest absolute Gasteiger partial charge is 0.478 e. The summed E-state index contributed by atoms with van der Waals surface area (Å²) in [5, 5.41) is 8.85. The van der Waals surface area contributed by atoms with Gasteiger partial charge in [-0.1, -0.05) is 0 Å². The smallest absolute Gasteiger partial charge is 0.336 e. The van der Waals surface area contributed by atoms with Crippen molar-refractivity contribution in [1.29, 1.82) is 0 Å². The van der Waals surface area contributed by atoms with Gasteiger partial charge in [0.15, 0.2) is 0 Å². The highest BCUT2D eigenvalue weighted by atomic mass is 35.5.